The quantitative estimate of drug-likeness (QED) is 0.841. The van der Waals surface area contributed by atoms with E-state index in [9.17, 15) is 8.42 Å². The first-order valence-corrected chi connectivity index (χ1v) is 9.52. The predicted octanol–water partition coefficient (Wildman–Crippen LogP) is 2.56. The second kappa shape index (κ2) is 7.27. The SMILES string of the molecule is CCNC(CC1CCS(=O)(=O)C1)c1cccc(OCC)c1. The molecule has 1 aromatic rings. The summed E-state index contributed by atoms with van der Waals surface area (Å²) in [6.07, 6.45) is 1.65. The van der Waals surface area contributed by atoms with Crippen molar-refractivity contribution in [2.45, 2.75) is 32.7 Å². The van der Waals surface area contributed by atoms with Gasteiger partial charge in [0.2, 0.25) is 0 Å². The Kier molecular flexibility index (Phi) is 5.65. The first kappa shape index (κ1) is 16.3. The van der Waals surface area contributed by atoms with Gasteiger partial charge in [-0.05, 0) is 49.9 Å². The summed E-state index contributed by atoms with van der Waals surface area (Å²) in [7, 11) is -2.81. The lowest BCUT2D eigenvalue weighted by atomic mass is 9.94. The Morgan fingerprint density at radius 2 is 2.19 bits per heavy atom. The van der Waals surface area contributed by atoms with E-state index in [0.717, 1.165) is 25.1 Å². The summed E-state index contributed by atoms with van der Waals surface area (Å²) in [5, 5.41) is 3.47. The Hall–Kier alpha value is -1.07. The van der Waals surface area contributed by atoms with Crippen LogP contribution in [0.5, 0.6) is 5.75 Å². The molecule has 0 aliphatic carbocycles. The fourth-order valence-electron chi connectivity index (χ4n) is 2.96. The van der Waals surface area contributed by atoms with Crippen LogP contribution >= 0.6 is 0 Å². The molecule has 4 nitrogen and oxygen atoms in total. The van der Waals surface area contributed by atoms with Gasteiger partial charge in [0.15, 0.2) is 9.84 Å². The van der Waals surface area contributed by atoms with E-state index < -0.39 is 9.84 Å². The number of ether oxygens (including phenoxy) is 1. The van der Waals surface area contributed by atoms with Crippen LogP contribution in [-0.2, 0) is 9.84 Å². The van der Waals surface area contributed by atoms with Crippen LogP contribution in [0.15, 0.2) is 24.3 Å². The summed E-state index contributed by atoms with van der Waals surface area (Å²) in [6, 6.07) is 8.28. The molecule has 2 unspecified atom stereocenters. The van der Waals surface area contributed by atoms with Crippen LogP contribution in [0, 0.1) is 5.92 Å². The normalized spacial score (nSPS) is 22.1. The second-order valence-corrected chi connectivity index (χ2v) is 7.85. The minimum absolute atomic E-state index is 0.189. The van der Waals surface area contributed by atoms with E-state index in [2.05, 4.69) is 24.4 Å². The molecule has 1 aromatic carbocycles. The maximum absolute atomic E-state index is 11.6. The van der Waals surface area contributed by atoms with Gasteiger partial charge in [-0.2, -0.15) is 0 Å². The first-order valence-electron chi connectivity index (χ1n) is 7.70. The smallest absolute Gasteiger partial charge is 0.150 e. The van der Waals surface area contributed by atoms with Gasteiger partial charge < -0.3 is 10.1 Å². The standard InChI is InChI=1S/C16H25NO3S/c1-3-17-16(10-13-8-9-21(18,19)12-13)14-6-5-7-15(11-14)20-4-2/h5-7,11,13,16-17H,3-4,8-10,12H2,1-2H3. The Morgan fingerprint density at radius 3 is 2.81 bits per heavy atom. The Labute approximate surface area is 127 Å². The number of rotatable bonds is 7. The number of benzene rings is 1. The summed E-state index contributed by atoms with van der Waals surface area (Å²) < 4.78 is 28.8. The summed E-state index contributed by atoms with van der Waals surface area (Å²) in [5.74, 6) is 1.81. The van der Waals surface area contributed by atoms with E-state index in [0.29, 0.717) is 18.1 Å². The molecule has 0 radical (unpaired) electrons. The summed E-state index contributed by atoms with van der Waals surface area (Å²) in [4.78, 5) is 0. The second-order valence-electron chi connectivity index (χ2n) is 5.62. The van der Waals surface area contributed by atoms with Gasteiger partial charge in [0.05, 0.1) is 18.1 Å². The minimum Gasteiger partial charge on any atom is -0.494 e. The largest absolute Gasteiger partial charge is 0.494 e. The zero-order valence-electron chi connectivity index (χ0n) is 12.8. The third-order valence-electron chi connectivity index (χ3n) is 3.92. The van der Waals surface area contributed by atoms with Gasteiger partial charge in [0.1, 0.15) is 5.75 Å². The molecule has 1 heterocycles. The molecule has 118 valence electrons. The molecule has 2 atom stereocenters. The molecule has 1 saturated heterocycles. The van der Waals surface area contributed by atoms with Crippen LogP contribution in [0.25, 0.3) is 0 Å². The lowest BCUT2D eigenvalue weighted by molar-refractivity contribution is 0.338. The highest BCUT2D eigenvalue weighted by Crippen LogP contribution is 2.30. The number of hydrogen-bond acceptors (Lipinski definition) is 4. The third kappa shape index (κ3) is 4.71. The molecule has 0 saturated carbocycles. The predicted molar refractivity (Wildman–Crippen MR) is 85.4 cm³/mol. The van der Waals surface area contributed by atoms with Crippen molar-refractivity contribution in [2.75, 3.05) is 24.7 Å². The fraction of sp³-hybridized carbons (Fsp3) is 0.625. The van der Waals surface area contributed by atoms with Gasteiger partial charge in [-0.15, -0.1) is 0 Å². The van der Waals surface area contributed by atoms with Crippen molar-refractivity contribution >= 4 is 9.84 Å². The average Bonchev–Trinajstić information content (AvgIpc) is 2.78. The van der Waals surface area contributed by atoms with Crippen LogP contribution < -0.4 is 10.1 Å². The van der Waals surface area contributed by atoms with Gasteiger partial charge >= 0.3 is 0 Å². The molecule has 1 aliphatic heterocycles. The van der Waals surface area contributed by atoms with Gasteiger partial charge in [0.25, 0.3) is 0 Å². The van der Waals surface area contributed by atoms with E-state index in [4.69, 9.17) is 4.74 Å². The van der Waals surface area contributed by atoms with E-state index >= 15 is 0 Å². The number of hydrogen-bond donors (Lipinski definition) is 1. The molecule has 1 aliphatic rings. The van der Waals surface area contributed by atoms with Crippen LogP contribution in [-0.4, -0.2) is 33.1 Å². The number of sulfone groups is 1. The maximum Gasteiger partial charge on any atom is 0.150 e. The van der Waals surface area contributed by atoms with Crippen molar-refractivity contribution < 1.29 is 13.2 Å². The first-order chi connectivity index (χ1) is 10.0. The average molecular weight is 311 g/mol. The lowest BCUT2D eigenvalue weighted by Crippen LogP contribution is -2.24. The minimum atomic E-state index is -2.81. The third-order valence-corrected chi connectivity index (χ3v) is 5.75. The molecule has 0 bridgehead atoms. The Balaban J connectivity index is 2.09. The fourth-order valence-corrected chi connectivity index (χ4v) is 4.84. The zero-order valence-corrected chi connectivity index (χ0v) is 13.7. The van der Waals surface area contributed by atoms with Crippen molar-refractivity contribution in [3.63, 3.8) is 0 Å². The number of nitrogens with one attached hydrogen (secondary N) is 1. The molecule has 0 spiro atoms. The van der Waals surface area contributed by atoms with Gasteiger partial charge in [-0.1, -0.05) is 19.1 Å². The molecule has 5 heteroatoms. The lowest BCUT2D eigenvalue weighted by Gasteiger charge is -2.22. The van der Waals surface area contributed by atoms with Crippen molar-refractivity contribution in [1.82, 2.24) is 5.32 Å². The van der Waals surface area contributed by atoms with Gasteiger partial charge in [-0.25, -0.2) is 8.42 Å². The molecular weight excluding hydrogens is 286 g/mol. The van der Waals surface area contributed by atoms with Crippen LogP contribution in [0.4, 0.5) is 0 Å². The van der Waals surface area contributed by atoms with E-state index in [1.165, 1.54) is 5.56 Å². The Morgan fingerprint density at radius 1 is 1.38 bits per heavy atom. The highest BCUT2D eigenvalue weighted by atomic mass is 32.2. The molecular formula is C16H25NO3S. The van der Waals surface area contributed by atoms with Crippen molar-refractivity contribution in [2.24, 2.45) is 5.92 Å². The monoisotopic (exact) mass is 311 g/mol. The van der Waals surface area contributed by atoms with Crippen molar-refractivity contribution in [3.8, 4) is 5.75 Å². The molecule has 0 amide bonds. The maximum atomic E-state index is 11.6. The van der Waals surface area contributed by atoms with Crippen LogP contribution in [0.2, 0.25) is 0 Å². The van der Waals surface area contributed by atoms with Gasteiger partial charge in [-0.3, -0.25) is 0 Å². The highest BCUT2D eigenvalue weighted by molar-refractivity contribution is 7.91. The van der Waals surface area contributed by atoms with E-state index in [1.807, 2.05) is 19.1 Å². The molecule has 1 fully saturated rings. The van der Waals surface area contributed by atoms with E-state index in [1.54, 1.807) is 0 Å². The highest BCUT2D eigenvalue weighted by Gasteiger charge is 2.30. The Bertz CT molecular complexity index is 556. The molecule has 1 N–H and O–H groups in total. The summed E-state index contributed by atoms with van der Waals surface area (Å²) in [6.45, 7) is 5.56. The van der Waals surface area contributed by atoms with Gasteiger partial charge in [0, 0.05) is 6.04 Å². The zero-order chi connectivity index (χ0) is 15.3. The summed E-state index contributed by atoms with van der Waals surface area (Å²) in [5.41, 5.74) is 1.17. The topological polar surface area (TPSA) is 55.4 Å². The van der Waals surface area contributed by atoms with Crippen LogP contribution in [0.3, 0.4) is 0 Å². The molecule has 21 heavy (non-hydrogen) atoms. The van der Waals surface area contributed by atoms with Crippen LogP contribution in [0.1, 0.15) is 38.3 Å². The molecule has 2 rings (SSSR count). The summed E-state index contributed by atoms with van der Waals surface area (Å²) >= 11 is 0. The van der Waals surface area contributed by atoms with E-state index in [-0.39, 0.29) is 12.0 Å². The molecule has 0 aromatic heterocycles. The van der Waals surface area contributed by atoms with Crippen molar-refractivity contribution in [3.05, 3.63) is 29.8 Å². The van der Waals surface area contributed by atoms with Crippen molar-refractivity contribution in [1.29, 1.82) is 0 Å².